The number of benzene rings is 2. The van der Waals surface area contributed by atoms with E-state index in [1.807, 2.05) is 76.3 Å². The molecule has 2 aliphatic rings. The minimum atomic E-state index is -0.0241. The lowest BCUT2D eigenvalue weighted by Gasteiger charge is -2.32. The van der Waals surface area contributed by atoms with Gasteiger partial charge in [-0.2, -0.15) is 4.98 Å². The number of carbonyl (C=O) groups is 2. The number of para-hydroxylation sites is 1. The Kier molecular flexibility index (Phi) is 5.38. The molecule has 3 aromatic heterocycles. The Labute approximate surface area is 218 Å². The van der Waals surface area contributed by atoms with Gasteiger partial charge in [0.2, 0.25) is 11.9 Å². The number of carbonyl (C=O) groups excluding carboxylic acids is 2. The van der Waals surface area contributed by atoms with Crippen LogP contribution >= 0.6 is 0 Å². The fourth-order valence-electron chi connectivity index (χ4n) is 5.17. The molecule has 10 nitrogen and oxygen atoms in total. The molecule has 5 aromatic rings. The Balaban J connectivity index is 1.05. The third-order valence-corrected chi connectivity index (χ3v) is 7.45. The first-order chi connectivity index (χ1) is 18.6. The van der Waals surface area contributed by atoms with Crippen LogP contribution in [0.3, 0.4) is 0 Å². The molecule has 2 fully saturated rings. The van der Waals surface area contributed by atoms with E-state index in [9.17, 15) is 9.59 Å². The Morgan fingerprint density at radius 1 is 0.868 bits per heavy atom. The van der Waals surface area contributed by atoms with Crippen molar-refractivity contribution in [3.8, 4) is 11.3 Å². The molecule has 7 rings (SSSR count). The Morgan fingerprint density at radius 3 is 2.45 bits per heavy atom. The zero-order valence-corrected chi connectivity index (χ0v) is 20.7. The van der Waals surface area contributed by atoms with Crippen LogP contribution in [-0.4, -0.2) is 59.4 Å². The van der Waals surface area contributed by atoms with Gasteiger partial charge < -0.3 is 4.90 Å². The van der Waals surface area contributed by atoms with Gasteiger partial charge in [-0.05, 0) is 62.1 Å². The first kappa shape index (κ1) is 22.6. The van der Waals surface area contributed by atoms with Crippen LogP contribution in [0.1, 0.15) is 42.1 Å². The van der Waals surface area contributed by atoms with Gasteiger partial charge in [-0.15, -0.1) is 10.2 Å². The summed E-state index contributed by atoms with van der Waals surface area (Å²) < 4.78 is 3.72. The summed E-state index contributed by atoms with van der Waals surface area (Å²) in [6.45, 7) is 1.35. The standard InChI is InChI=1S/C28H26N8O2/c37-26(19-10-11-19)30-28-29-25-7-3-6-23(36(25)32-28)18-8-12-20(13-9-18)27(38)34-16-14-21(15-17-34)35-24-5-2-1-4-22(24)31-33-35/h1-9,12-13,19,21H,10-11,14-17H2,(H,30,32,37). The van der Waals surface area contributed by atoms with Gasteiger partial charge in [-0.25, -0.2) is 9.20 Å². The average Bonchev–Trinajstić information content (AvgIpc) is 3.60. The Bertz CT molecular complexity index is 1660. The fraction of sp³-hybridized carbons (Fsp3) is 0.286. The second kappa shape index (κ2) is 9.05. The topological polar surface area (TPSA) is 110 Å². The van der Waals surface area contributed by atoms with Crippen LogP contribution in [0.25, 0.3) is 27.9 Å². The number of likely N-dealkylation sites (tertiary alicyclic amines) is 1. The zero-order chi connectivity index (χ0) is 25.6. The third-order valence-electron chi connectivity index (χ3n) is 7.45. The van der Waals surface area contributed by atoms with E-state index >= 15 is 0 Å². The SMILES string of the molecule is O=C(Nc1nc2cccc(-c3ccc(C(=O)N4CCC(n5nnc6ccccc65)CC4)cc3)n2n1)C1CC1. The number of hydrogen-bond acceptors (Lipinski definition) is 6. The molecule has 10 heteroatoms. The van der Waals surface area contributed by atoms with Gasteiger partial charge in [0.25, 0.3) is 5.91 Å². The third kappa shape index (κ3) is 4.07. The monoisotopic (exact) mass is 506 g/mol. The van der Waals surface area contributed by atoms with Crippen LogP contribution in [-0.2, 0) is 4.79 Å². The van der Waals surface area contributed by atoms with Crippen molar-refractivity contribution in [3.05, 3.63) is 72.3 Å². The van der Waals surface area contributed by atoms with Gasteiger partial charge in [0.1, 0.15) is 5.52 Å². The van der Waals surface area contributed by atoms with Gasteiger partial charge >= 0.3 is 0 Å². The summed E-state index contributed by atoms with van der Waals surface area (Å²) in [5.74, 6) is 0.398. The molecule has 0 atom stereocenters. The van der Waals surface area contributed by atoms with E-state index in [1.165, 1.54) is 0 Å². The summed E-state index contributed by atoms with van der Waals surface area (Å²) >= 11 is 0. The smallest absolute Gasteiger partial charge is 0.253 e. The van der Waals surface area contributed by atoms with Crippen molar-refractivity contribution < 1.29 is 9.59 Å². The van der Waals surface area contributed by atoms with Crippen LogP contribution in [0.5, 0.6) is 0 Å². The largest absolute Gasteiger partial charge is 0.338 e. The quantitative estimate of drug-likeness (QED) is 0.386. The van der Waals surface area contributed by atoms with E-state index in [-0.39, 0.29) is 23.8 Å². The molecular formula is C28H26N8O2. The molecule has 4 heterocycles. The first-order valence-electron chi connectivity index (χ1n) is 13.0. The lowest BCUT2D eigenvalue weighted by atomic mass is 10.0. The van der Waals surface area contributed by atoms with E-state index in [4.69, 9.17) is 0 Å². The minimum Gasteiger partial charge on any atom is -0.338 e. The van der Waals surface area contributed by atoms with Gasteiger partial charge in [-0.1, -0.05) is 35.5 Å². The highest BCUT2D eigenvalue weighted by Gasteiger charge is 2.30. The van der Waals surface area contributed by atoms with E-state index < -0.39 is 0 Å². The highest BCUT2D eigenvalue weighted by atomic mass is 16.2. The second-order valence-corrected chi connectivity index (χ2v) is 10.0. The number of piperidine rings is 1. The molecule has 1 N–H and O–H groups in total. The van der Waals surface area contributed by atoms with Crippen molar-refractivity contribution in [2.75, 3.05) is 18.4 Å². The molecule has 0 unspecified atom stereocenters. The molecule has 0 spiro atoms. The normalized spacial score (nSPS) is 16.3. The van der Waals surface area contributed by atoms with Crippen molar-refractivity contribution >= 4 is 34.4 Å². The van der Waals surface area contributed by atoms with Crippen LogP contribution in [0.4, 0.5) is 5.95 Å². The predicted octanol–water partition coefficient (Wildman–Crippen LogP) is 3.97. The molecule has 190 valence electrons. The zero-order valence-electron chi connectivity index (χ0n) is 20.7. The summed E-state index contributed by atoms with van der Waals surface area (Å²) in [6, 6.07) is 21.5. The molecule has 2 amide bonds. The maximum Gasteiger partial charge on any atom is 0.253 e. The number of aromatic nitrogens is 6. The maximum absolute atomic E-state index is 13.3. The molecular weight excluding hydrogens is 480 g/mol. The molecule has 0 bridgehead atoms. The van der Waals surface area contributed by atoms with Crippen LogP contribution in [0, 0.1) is 5.92 Å². The molecule has 1 saturated heterocycles. The maximum atomic E-state index is 13.3. The Morgan fingerprint density at radius 2 is 1.66 bits per heavy atom. The van der Waals surface area contributed by atoms with Gasteiger partial charge in [-0.3, -0.25) is 14.9 Å². The molecule has 38 heavy (non-hydrogen) atoms. The molecule has 0 radical (unpaired) electrons. The van der Waals surface area contributed by atoms with Crippen LogP contribution in [0.15, 0.2) is 66.7 Å². The second-order valence-electron chi connectivity index (χ2n) is 10.0. The first-order valence-corrected chi connectivity index (χ1v) is 13.0. The van der Waals surface area contributed by atoms with Gasteiger partial charge in [0.15, 0.2) is 5.65 Å². The molecule has 1 aliphatic heterocycles. The summed E-state index contributed by atoms with van der Waals surface area (Å²) in [7, 11) is 0. The van der Waals surface area contributed by atoms with Crippen molar-refractivity contribution in [2.45, 2.75) is 31.7 Å². The summed E-state index contributed by atoms with van der Waals surface area (Å²) in [6.07, 6.45) is 3.52. The molecule has 1 aliphatic carbocycles. The van der Waals surface area contributed by atoms with Crippen molar-refractivity contribution in [2.24, 2.45) is 5.92 Å². The molecule has 2 aromatic carbocycles. The van der Waals surface area contributed by atoms with Gasteiger partial charge in [0.05, 0.1) is 17.3 Å². The van der Waals surface area contributed by atoms with Crippen molar-refractivity contribution in [1.82, 2.24) is 34.5 Å². The summed E-state index contributed by atoms with van der Waals surface area (Å²) in [4.78, 5) is 31.7. The Hall–Kier alpha value is -4.60. The number of anilines is 1. The number of hydrogen-bond donors (Lipinski definition) is 1. The average molecular weight is 507 g/mol. The lowest BCUT2D eigenvalue weighted by molar-refractivity contribution is -0.117. The highest BCUT2D eigenvalue weighted by molar-refractivity contribution is 5.95. The van der Waals surface area contributed by atoms with Crippen molar-refractivity contribution in [1.29, 1.82) is 0 Å². The number of nitrogens with one attached hydrogen (secondary N) is 1. The number of nitrogens with zero attached hydrogens (tertiary/aromatic N) is 7. The summed E-state index contributed by atoms with van der Waals surface area (Å²) in [5, 5.41) is 16.0. The van der Waals surface area contributed by atoms with E-state index in [2.05, 4.69) is 25.7 Å². The number of fused-ring (bicyclic) bond motifs is 2. The van der Waals surface area contributed by atoms with Crippen molar-refractivity contribution in [3.63, 3.8) is 0 Å². The number of pyridine rings is 1. The highest BCUT2D eigenvalue weighted by Crippen LogP contribution is 2.30. The number of rotatable bonds is 5. The molecule has 1 saturated carbocycles. The minimum absolute atomic E-state index is 0.0241. The summed E-state index contributed by atoms with van der Waals surface area (Å²) in [5.41, 5.74) is 4.98. The van der Waals surface area contributed by atoms with Gasteiger partial charge in [0, 0.05) is 30.1 Å². The van der Waals surface area contributed by atoms with Crippen LogP contribution < -0.4 is 5.32 Å². The van der Waals surface area contributed by atoms with Crippen LogP contribution in [0.2, 0.25) is 0 Å². The van der Waals surface area contributed by atoms with E-state index in [0.717, 1.165) is 48.0 Å². The van der Waals surface area contributed by atoms with E-state index in [1.54, 1.807) is 4.52 Å². The van der Waals surface area contributed by atoms with E-state index in [0.29, 0.717) is 30.2 Å². The fourth-order valence-corrected chi connectivity index (χ4v) is 5.17. The predicted molar refractivity (Wildman–Crippen MR) is 141 cm³/mol. The lowest BCUT2D eigenvalue weighted by Crippen LogP contribution is -2.39. The number of amides is 2.